The Bertz CT molecular complexity index is 390. The lowest BCUT2D eigenvalue weighted by molar-refractivity contribution is -0.122. The third kappa shape index (κ3) is 1.76. The summed E-state index contributed by atoms with van der Waals surface area (Å²) in [5, 5.41) is 3.50. The summed E-state index contributed by atoms with van der Waals surface area (Å²) in [6.07, 6.45) is 5.70. The molecule has 3 nitrogen and oxygen atoms in total. The van der Waals surface area contributed by atoms with E-state index in [0.29, 0.717) is 24.3 Å². The van der Waals surface area contributed by atoms with E-state index < -0.39 is 0 Å². The van der Waals surface area contributed by atoms with Crippen molar-refractivity contribution >= 4 is 5.78 Å². The van der Waals surface area contributed by atoms with E-state index in [0.717, 1.165) is 12.1 Å². The highest BCUT2D eigenvalue weighted by Crippen LogP contribution is 2.34. The number of Topliss-reactive ketones (excluding diaryl/α,β-unsaturated/α-hetero) is 1. The zero-order chi connectivity index (χ0) is 11.0. The minimum atomic E-state index is 0.237. The Morgan fingerprint density at radius 3 is 3.00 bits per heavy atom. The van der Waals surface area contributed by atoms with Crippen LogP contribution in [-0.4, -0.2) is 22.9 Å². The van der Waals surface area contributed by atoms with Crippen molar-refractivity contribution in [3.8, 4) is 0 Å². The molecule has 3 rings (SSSR count). The third-order valence-corrected chi connectivity index (χ3v) is 3.80. The van der Waals surface area contributed by atoms with Gasteiger partial charge in [0.05, 0.1) is 0 Å². The average Bonchev–Trinajstić information content (AvgIpc) is 2.92. The molecule has 1 N–H and O–H groups in total. The molecule has 3 heterocycles. The van der Waals surface area contributed by atoms with Crippen LogP contribution in [0.1, 0.15) is 25.0 Å². The van der Waals surface area contributed by atoms with E-state index in [9.17, 15) is 4.79 Å². The zero-order valence-corrected chi connectivity index (χ0v) is 9.23. The third-order valence-electron chi connectivity index (χ3n) is 3.80. The van der Waals surface area contributed by atoms with Crippen LogP contribution in [-0.2, 0) is 11.2 Å². The molecule has 1 aromatic heterocycles. The van der Waals surface area contributed by atoms with Crippen molar-refractivity contribution in [1.82, 2.24) is 10.3 Å². The summed E-state index contributed by atoms with van der Waals surface area (Å²) in [4.78, 5) is 16.3. The van der Waals surface area contributed by atoms with Gasteiger partial charge in [-0.25, -0.2) is 0 Å². The minimum absolute atomic E-state index is 0.237. The Morgan fingerprint density at radius 2 is 2.38 bits per heavy atom. The fourth-order valence-corrected chi connectivity index (χ4v) is 2.99. The van der Waals surface area contributed by atoms with Crippen LogP contribution in [0, 0.1) is 5.92 Å². The second-order valence-corrected chi connectivity index (χ2v) is 4.85. The van der Waals surface area contributed by atoms with Gasteiger partial charge in [-0.15, -0.1) is 0 Å². The molecule has 84 valence electrons. The molecule has 0 aromatic carbocycles. The first kappa shape index (κ1) is 9.97. The van der Waals surface area contributed by atoms with E-state index in [1.807, 2.05) is 18.2 Å². The van der Waals surface area contributed by atoms with Crippen molar-refractivity contribution in [2.45, 2.75) is 37.8 Å². The lowest BCUT2D eigenvalue weighted by atomic mass is 9.84. The number of hydrogen-bond donors (Lipinski definition) is 1. The summed E-state index contributed by atoms with van der Waals surface area (Å²) < 4.78 is 0. The van der Waals surface area contributed by atoms with E-state index in [1.54, 1.807) is 6.20 Å². The van der Waals surface area contributed by atoms with Crippen molar-refractivity contribution < 1.29 is 4.79 Å². The smallest absolute Gasteiger partial charge is 0.143 e. The van der Waals surface area contributed by atoms with Gasteiger partial charge < -0.3 is 5.32 Å². The lowest BCUT2D eigenvalue weighted by Gasteiger charge is -2.18. The van der Waals surface area contributed by atoms with Gasteiger partial charge in [-0.05, 0) is 31.4 Å². The number of aromatic nitrogens is 1. The molecule has 0 aliphatic carbocycles. The van der Waals surface area contributed by atoms with Crippen LogP contribution >= 0.6 is 0 Å². The number of ketones is 1. The molecule has 0 saturated carbocycles. The molecule has 2 bridgehead atoms. The largest absolute Gasteiger partial charge is 0.310 e. The molecule has 3 unspecified atom stereocenters. The Hall–Kier alpha value is -1.22. The average molecular weight is 216 g/mol. The maximum Gasteiger partial charge on any atom is 0.143 e. The molecule has 0 spiro atoms. The maximum absolute atomic E-state index is 12.1. The monoisotopic (exact) mass is 216 g/mol. The Kier molecular flexibility index (Phi) is 2.48. The minimum Gasteiger partial charge on any atom is -0.310 e. The van der Waals surface area contributed by atoms with Gasteiger partial charge in [0.2, 0.25) is 0 Å². The standard InChI is InChI=1S/C13H16N2O/c16-13(8-9-3-1-2-6-14-9)11-7-10-4-5-12(11)15-10/h1-3,6,10-12,15H,4-5,7-8H2. The Balaban J connectivity index is 1.66. The van der Waals surface area contributed by atoms with Crippen LogP contribution in [0.25, 0.3) is 0 Å². The topological polar surface area (TPSA) is 42.0 Å². The summed E-state index contributed by atoms with van der Waals surface area (Å²) in [5.74, 6) is 0.596. The van der Waals surface area contributed by atoms with Crippen LogP contribution < -0.4 is 5.32 Å². The molecule has 1 aromatic rings. The molecule has 0 amide bonds. The number of fused-ring (bicyclic) bond motifs is 2. The molecule has 0 radical (unpaired) electrons. The molecule has 2 fully saturated rings. The summed E-state index contributed by atoms with van der Waals surface area (Å²) in [5.41, 5.74) is 0.898. The van der Waals surface area contributed by atoms with E-state index in [-0.39, 0.29) is 5.92 Å². The first-order chi connectivity index (χ1) is 7.83. The van der Waals surface area contributed by atoms with Gasteiger partial charge in [-0.1, -0.05) is 6.07 Å². The summed E-state index contributed by atoms with van der Waals surface area (Å²) >= 11 is 0. The Morgan fingerprint density at radius 1 is 1.44 bits per heavy atom. The van der Waals surface area contributed by atoms with Gasteiger partial charge in [-0.3, -0.25) is 9.78 Å². The number of nitrogens with one attached hydrogen (secondary N) is 1. The SMILES string of the molecule is O=C(Cc1ccccn1)C1CC2CCC1N2. The van der Waals surface area contributed by atoms with E-state index in [2.05, 4.69) is 10.3 Å². The summed E-state index contributed by atoms with van der Waals surface area (Å²) in [7, 11) is 0. The molecular weight excluding hydrogens is 200 g/mol. The molecular formula is C13H16N2O. The second-order valence-electron chi connectivity index (χ2n) is 4.85. The number of nitrogens with zero attached hydrogens (tertiary/aromatic N) is 1. The fraction of sp³-hybridized carbons (Fsp3) is 0.538. The van der Waals surface area contributed by atoms with Crippen LogP contribution in [0.3, 0.4) is 0 Å². The van der Waals surface area contributed by atoms with E-state index in [4.69, 9.17) is 0 Å². The van der Waals surface area contributed by atoms with Gasteiger partial charge in [0.15, 0.2) is 0 Å². The zero-order valence-electron chi connectivity index (χ0n) is 9.23. The number of carbonyl (C=O) groups excluding carboxylic acids is 1. The number of carbonyl (C=O) groups is 1. The second kappa shape index (κ2) is 3.98. The molecule has 2 saturated heterocycles. The van der Waals surface area contributed by atoms with E-state index in [1.165, 1.54) is 12.8 Å². The highest BCUT2D eigenvalue weighted by molar-refractivity contribution is 5.84. The fourth-order valence-electron chi connectivity index (χ4n) is 2.99. The number of hydrogen-bond acceptors (Lipinski definition) is 3. The van der Waals surface area contributed by atoms with Gasteiger partial charge in [0.25, 0.3) is 0 Å². The predicted molar refractivity (Wildman–Crippen MR) is 61.0 cm³/mol. The lowest BCUT2D eigenvalue weighted by Crippen LogP contribution is -2.29. The van der Waals surface area contributed by atoms with Crippen LogP contribution in [0.15, 0.2) is 24.4 Å². The number of rotatable bonds is 3. The van der Waals surface area contributed by atoms with Gasteiger partial charge >= 0.3 is 0 Å². The first-order valence-electron chi connectivity index (χ1n) is 6.01. The number of pyridine rings is 1. The van der Waals surface area contributed by atoms with Crippen LogP contribution in [0.5, 0.6) is 0 Å². The summed E-state index contributed by atoms with van der Waals surface area (Å²) in [6.45, 7) is 0. The summed E-state index contributed by atoms with van der Waals surface area (Å²) in [6, 6.07) is 6.80. The van der Waals surface area contributed by atoms with Crippen molar-refractivity contribution in [3.63, 3.8) is 0 Å². The van der Waals surface area contributed by atoms with Crippen molar-refractivity contribution in [2.75, 3.05) is 0 Å². The normalized spacial score (nSPS) is 31.9. The molecule has 16 heavy (non-hydrogen) atoms. The maximum atomic E-state index is 12.1. The first-order valence-corrected chi connectivity index (χ1v) is 6.01. The van der Waals surface area contributed by atoms with Crippen LogP contribution in [0.4, 0.5) is 0 Å². The Labute approximate surface area is 95.3 Å². The van der Waals surface area contributed by atoms with Gasteiger partial charge in [0.1, 0.15) is 5.78 Å². The van der Waals surface area contributed by atoms with Crippen LogP contribution in [0.2, 0.25) is 0 Å². The molecule has 3 heteroatoms. The molecule has 2 aliphatic rings. The van der Waals surface area contributed by atoms with Crippen molar-refractivity contribution in [1.29, 1.82) is 0 Å². The highest BCUT2D eigenvalue weighted by Gasteiger charge is 2.42. The van der Waals surface area contributed by atoms with Gasteiger partial charge in [0, 0.05) is 36.3 Å². The van der Waals surface area contributed by atoms with Crippen molar-refractivity contribution in [2.24, 2.45) is 5.92 Å². The molecule has 2 aliphatic heterocycles. The quantitative estimate of drug-likeness (QED) is 0.829. The van der Waals surface area contributed by atoms with E-state index >= 15 is 0 Å². The molecule has 3 atom stereocenters. The van der Waals surface area contributed by atoms with Crippen molar-refractivity contribution in [3.05, 3.63) is 30.1 Å². The highest BCUT2D eigenvalue weighted by atomic mass is 16.1. The predicted octanol–water partition coefficient (Wildman–Crippen LogP) is 1.33. The van der Waals surface area contributed by atoms with Gasteiger partial charge in [-0.2, -0.15) is 0 Å².